The number of fused-ring (bicyclic) bond motifs is 1. The van der Waals surface area contributed by atoms with E-state index in [0.717, 1.165) is 59.7 Å². The van der Waals surface area contributed by atoms with Crippen molar-refractivity contribution < 1.29 is 14.4 Å². The lowest BCUT2D eigenvalue weighted by atomic mass is 10.1. The van der Waals surface area contributed by atoms with Crippen LogP contribution in [0.25, 0.3) is 17.0 Å². The number of amides is 3. The number of para-hydroxylation sites is 1. The van der Waals surface area contributed by atoms with Crippen molar-refractivity contribution in [2.75, 3.05) is 13.1 Å². The van der Waals surface area contributed by atoms with E-state index in [-0.39, 0.29) is 30.1 Å². The van der Waals surface area contributed by atoms with Gasteiger partial charge in [-0.3, -0.25) is 19.3 Å². The first-order chi connectivity index (χ1) is 16.1. The fourth-order valence-electron chi connectivity index (χ4n) is 4.45. The van der Waals surface area contributed by atoms with Crippen molar-refractivity contribution in [3.05, 3.63) is 76.8 Å². The summed E-state index contributed by atoms with van der Waals surface area (Å²) in [4.78, 5) is 42.0. The molecule has 0 atom stereocenters. The molecule has 0 bridgehead atoms. The summed E-state index contributed by atoms with van der Waals surface area (Å²) in [6.45, 7) is 2.16. The molecular weight excluding hydrogens is 434 g/mol. The Balaban J connectivity index is 1.41. The van der Waals surface area contributed by atoms with Gasteiger partial charge < -0.3 is 9.47 Å². The standard InChI is InChI=1S/C26H25N3O3S/c30-24(27-13-7-2-8-14-27)18-28-17-20(21-11-5-6-12-22(21)28)15-23-25(31)29(26(32)33-23)16-19-9-3-1-4-10-19/h1,3-6,9-12,15,17H,2,7-8,13-14,16,18H2/b23-15-. The van der Waals surface area contributed by atoms with Gasteiger partial charge in [-0.1, -0.05) is 48.5 Å². The maximum atomic E-state index is 13.0. The number of rotatable bonds is 5. The van der Waals surface area contributed by atoms with E-state index < -0.39 is 0 Å². The molecule has 0 unspecified atom stereocenters. The van der Waals surface area contributed by atoms with Gasteiger partial charge in [0, 0.05) is 35.8 Å². The first kappa shape index (κ1) is 21.5. The molecule has 0 saturated carbocycles. The summed E-state index contributed by atoms with van der Waals surface area (Å²) in [5.41, 5.74) is 2.69. The Bertz CT molecular complexity index is 1240. The number of nitrogens with zero attached hydrogens (tertiary/aromatic N) is 3. The maximum absolute atomic E-state index is 13.0. The van der Waals surface area contributed by atoms with Crippen LogP contribution in [0, 0.1) is 0 Å². The lowest BCUT2D eigenvalue weighted by Gasteiger charge is -2.27. The van der Waals surface area contributed by atoms with Crippen LogP contribution in [-0.4, -0.2) is 44.5 Å². The lowest BCUT2D eigenvalue weighted by molar-refractivity contribution is -0.132. The quantitative estimate of drug-likeness (QED) is 0.510. The highest BCUT2D eigenvalue weighted by Gasteiger charge is 2.35. The van der Waals surface area contributed by atoms with Crippen molar-refractivity contribution in [1.29, 1.82) is 0 Å². The number of aromatic nitrogens is 1. The van der Waals surface area contributed by atoms with E-state index in [0.29, 0.717) is 4.91 Å². The molecule has 2 fully saturated rings. The zero-order valence-electron chi connectivity index (χ0n) is 18.3. The number of imide groups is 1. The summed E-state index contributed by atoms with van der Waals surface area (Å²) < 4.78 is 1.95. The Morgan fingerprint density at radius 3 is 2.45 bits per heavy atom. The van der Waals surface area contributed by atoms with Crippen LogP contribution < -0.4 is 0 Å². The normalized spacial score (nSPS) is 18.0. The summed E-state index contributed by atoms with van der Waals surface area (Å²) >= 11 is 0.964. The summed E-state index contributed by atoms with van der Waals surface area (Å²) in [7, 11) is 0. The highest BCUT2D eigenvalue weighted by molar-refractivity contribution is 8.18. The van der Waals surface area contributed by atoms with E-state index in [1.54, 1.807) is 6.08 Å². The minimum absolute atomic E-state index is 0.116. The van der Waals surface area contributed by atoms with Crippen LogP contribution >= 0.6 is 11.8 Å². The molecule has 3 amide bonds. The molecule has 1 aromatic heterocycles. The molecule has 3 heterocycles. The zero-order valence-corrected chi connectivity index (χ0v) is 19.1. The van der Waals surface area contributed by atoms with E-state index in [9.17, 15) is 14.4 Å². The molecule has 7 heteroatoms. The van der Waals surface area contributed by atoms with E-state index in [4.69, 9.17) is 0 Å². The van der Waals surface area contributed by atoms with Crippen LogP contribution in [0.2, 0.25) is 0 Å². The van der Waals surface area contributed by atoms with Crippen LogP contribution in [0.1, 0.15) is 30.4 Å². The topological polar surface area (TPSA) is 62.6 Å². The number of piperidine rings is 1. The SMILES string of the molecule is O=C(Cn1cc(/C=C2\SC(=O)N(Cc3ccccc3)C2=O)c2ccccc21)N1CCCCC1. The fourth-order valence-corrected chi connectivity index (χ4v) is 5.28. The molecule has 0 radical (unpaired) electrons. The number of likely N-dealkylation sites (tertiary alicyclic amines) is 1. The van der Waals surface area contributed by atoms with Crippen LogP contribution in [0.15, 0.2) is 65.7 Å². The van der Waals surface area contributed by atoms with Gasteiger partial charge in [0.05, 0.1) is 11.4 Å². The second-order valence-electron chi connectivity index (χ2n) is 8.42. The van der Waals surface area contributed by atoms with Crippen molar-refractivity contribution in [2.24, 2.45) is 0 Å². The van der Waals surface area contributed by atoms with Crippen molar-refractivity contribution in [1.82, 2.24) is 14.4 Å². The van der Waals surface area contributed by atoms with Crippen LogP contribution in [-0.2, 0) is 22.7 Å². The molecule has 2 saturated heterocycles. The van der Waals surface area contributed by atoms with Crippen LogP contribution in [0.5, 0.6) is 0 Å². The van der Waals surface area contributed by atoms with Crippen molar-refractivity contribution in [2.45, 2.75) is 32.4 Å². The average Bonchev–Trinajstić information content (AvgIpc) is 3.32. The van der Waals surface area contributed by atoms with Gasteiger partial charge in [-0.05, 0) is 48.7 Å². The van der Waals surface area contributed by atoms with Gasteiger partial charge in [0.15, 0.2) is 0 Å². The fraction of sp³-hybridized carbons (Fsp3) is 0.269. The van der Waals surface area contributed by atoms with Gasteiger partial charge in [-0.2, -0.15) is 0 Å². The summed E-state index contributed by atoms with van der Waals surface area (Å²) in [5.74, 6) is -0.166. The molecule has 2 aliphatic rings. The minimum atomic E-state index is -0.282. The van der Waals surface area contributed by atoms with E-state index >= 15 is 0 Å². The molecule has 2 aliphatic heterocycles. The van der Waals surface area contributed by atoms with Crippen LogP contribution in [0.3, 0.4) is 0 Å². The molecule has 0 aliphatic carbocycles. The summed E-state index contributed by atoms with van der Waals surface area (Å²) in [6.07, 6.45) is 6.99. The Kier molecular flexibility index (Phi) is 6.05. The Morgan fingerprint density at radius 2 is 1.67 bits per heavy atom. The maximum Gasteiger partial charge on any atom is 0.293 e. The molecule has 0 N–H and O–H groups in total. The number of carbonyl (C=O) groups excluding carboxylic acids is 3. The number of hydrogen-bond acceptors (Lipinski definition) is 4. The van der Waals surface area contributed by atoms with Crippen molar-refractivity contribution >= 4 is 45.8 Å². The third-order valence-corrected chi connectivity index (χ3v) is 7.08. The molecule has 3 aromatic rings. The highest BCUT2D eigenvalue weighted by atomic mass is 32.2. The Hall–Kier alpha value is -3.32. The number of thioether (sulfide) groups is 1. The Morgan fingerprint density at radius 1 is 0.939 bits per heavy atom. The van der Waals surface area contributed by atoms with E-state index in [1.165, 1.54) is 11.3 Å². The third kappa shape index (κ3) is 4.46. The number of carbonyl (C=O) groups is 3. The first-order valence-corrected chi connectivity index (χ1v) is 12.1. The first-order valence-electron chi connectivity index (χ1n) is 11.2. The van der Waals surface area contributed by atoms with Gasteiger partial charge in [0.25, 0.3) is 11.1 Å². The molecule has 6 nitrogen and oxygen atoms in total. The Labute approximate surface area is 196 Å². The molecule has 168 valence electrons. The van der Waals surface area contributed by atoms with Gasteiger partial charge >= 0.3 is 0 Å². The van der Waals surface area contributed by atoms with Gasteiger partial charge in [-0.25, -0.2) is 0 Å². The van der Waals surface area contributed by atoms with Crippen molar-refractivity contribution in [3.63, 3.8) is 0 Å². The second kappa shape index (κ2) is 9.27. The second-order valence-corrected chi connectivity index (χ2v) is 9.42. The monoisotopic (exact) mass is 459 g/mol. The van der Waals surface area contributed by atoms with E-state index in [1.807, 2.05) is 70.3 Å². The molecule has 0 spiro atoms. The number of benzene rings is 2. The molecule has 5 rings (SSSR count). The molecular formula is C26H25N3O3S. The van der Waals surface area contributed by atoms with Gasteiger partial charge in [-0.15, -0.1) is 0 Å². The predicted octanol–water partition coefficient (Wildman–Crippen LogP) is 4.89. The number of hydrogen-bond donors (Lipinski definition) is 0. The molecule has 33 heavy (non-hydrogen) atoms. The third-order valence-electron chi connectivity index (χ3n) is 6.18. The van der Waals surface area contributed by atoms with Gasteiger partial charge in [0.1, 0.15) is 6.54 Å². The molecule has 2 aromatic carbocycles. The highest BCUT2D eigenvalue weighted by Crippen LogP contribution is 2.35. The lowest BCUT2D eigenvalue weighted by Crippen LogP contribution is -2.37. The van der Waals surface area contributed by atoms with Crippen molar-refractivity contribution in [3.8, 4) is 0 Å². The largest absolute Gasteiger partial charge is 0.341 e. The minimum Gasteiger partial charge on any atom is -0.341 e. The average molecular weight is 460 g/mol. The van der Waals surface area contributed by atoms with Gasteiger partial charge in [0.2, 0.25) is 5.91 Å². The smallest absolute Gasteiger partial charge is 0.293 e. The van der Waals surface area contributed by atoms with Crippen LogP contribution in [0.4, 0.5) is 4.79 Å². The predicted molar refractivity (Wildman–Crippen MR) is 130 cm³/mol. The summed E-state index contributed by atoms with van der Waals surface area (Å²) in [6, 6.07) is 17.4. The summed E-state index contributed by atoms with van der Waals surface area (Å²) in [5, 5.41) is 0.693. The van der Waals surface area contributed by atoms with E-state index in [2.05, 4.69) is 0 Å². The zero-order chi connectivity index (χ0) is 22.8.